The number of hydrogen-bond acceptors (Lipinski definition) is 3. The number of likely N-dealkylation sites (tertiary alicyclic amines) is 2. The molecule has 5 nitrogen and oxygen atoms in total. The lowest BCUT2D eigenvalue weighted by molar-refractivity contribution is 0.0774. The third-order valence-electron chi connectivity index (χ3n) is 4.22. The Bertz CT molecular complexity index is 571. The molecule has 0 aromatic carbocycles. The molecule has 2 saturated heterocycles. The lowest BCUT2D eigenvalue weighted by Gasteiger charge is -2.20. The molecule has 0 saturated carbocycles. The van der Waals surface area contributed by atoms with E-state index in [9.17, 15) is 9.59 Å². The average Bonchev–Trinajstić information content (AvgIpc) is 2.95. The van der Waals surface area contributed by atoms with Gasteiger partial charge < -0.3 is 14.8 Å². The Kier molecular flexibility index (Phi) is 3.11. The molecule has 0 radical (unpaired) electrons. The highest BCUT2D eigenvalue weighted by atomic mass is 35.5. The standard InChI is InChI=1S/C13H16ClN3O2/c1-16-3-2-8-6-17(7-11(8)16)13(19)9-4-10(14)12(18)15-5-9/h4-5,8,11H,2-3,6-7H2,1H3,(H,15,18)/t8-,11+/m1/s1. The van der Waals surface area contributed by atoms with E-state index in [0.29, 0.717) is 17.5 Å². The van der Waals surface area contributed by atoms with Crippen molar-refractivity contribution in [2.75, 3.05) is 26.7 Å². The molecule has 1 aromatic heterocycles. The summed E-state index contributed by atoms with van der Waals surface area (Å²) in [4.78, 5) is 30.2. The Morgan fingerprint density at radius 2 is 2.26 bits per heavy atom. The van der Waals surface area contributed by atoms with Crippen molar-refractivity contribution >= 4 is 17.5 Å². The van der Waals surface area contributed by atoms with Crippen LogP contribution in [0.5, 0.6) is 0 Å². The van der Waals surface area contributed by atoms with Crippen LogP contribution < -0.4 is 5.56 Å². The van der Waals surface area contributed by atoms with Crippen molar-refractivity contribution < 1.29 is 4.79 Å². The number of amides is 1. The number of nitrogens with zero attached hydrogens (tertiary/aromatic N) is 2. The third kappa shape index (κ3) is 2.17. The van der Waals surface area contributed by atoms with Crippen LogP contribution in [0.1, 0.15) is 16.8 Å². The molecular formula is C13H16ClN3O2. The van der Waals surface area contributed by atoms with Gasteiger partial charge in [-0.2, -0.15) is 0 Å². The molecule has 0 aliphatic carbocycles. The van der Waals surface area contributed by atoms with E-state index in [1.54, 1.807) is 0 Å². The van der Waals surface area contributed by atoms with E-state index >= 15 is 0 Å². The second kappa shape index (κ2) is 4.65. The van der Waals surface area contributed by atoms with E-state index < -0.39 is 0 Å². The van der Waals surface area contributed by atoms with E-state index in [1.165, 1.54) is 12.3 Å². The lowest BCUT2D eigenvalue weighted by atomic mass is 10.1. The van der Waals surface area contributed by atoms with E-state index in [4.69, 9.17) is 11.6 Å². The van der Waals surface area contributed by atoms with Crippen LogP contribution in [0.4, 0.5) is 0 Å². The van der Waals surface area contributed by atoms with Crippen molar-refractivity contribution in [3.05, 3.63) is 33.2 Å². The molecule has 1 aromatic rings. The van der Waals surface area contributed by atoms with Crippen LogP contribution in [0.3, 0.4) is 0 Å². The maximum atomic E-state index is 12.4. The van der Waals surface area contributed by atoms with Gasteiger partial charge in [0.05, 0.1) is 5.56 Å². The topological polar surface area (TPSA) is 56.4 Å². The minimum absolute atomic E-state index is 0.0547. The first-order chi connectivity index (χ1) is 9.06. The van der Waals surface area contributed by atoms with Gasteiger partial charge in [0.2, 0.25) is 0 Å². The fourth-order valence-corrected chi connectivity index (χ4v) is 3.27. The summed E-state index contributed by atoms with van der Waals surface area (Å²) >= 11 is 5.76. The molecule has 1 N–H and O–H groups in total. The van der Waals surface area contributed by atoms with Gasteiger partial charge in [-0.25, -0.2) is 0 Å². The number of nitrogens with one attached hydrogen (secondary N) is 1. The van der Waals surface area contributed by atoms with Crippen molar-refractivity contribution in [3.63, 3.8) is 0 Å². The zero-order valence-electron chi connectivity index (χ0n) is 10.7. The van der Waals surface area contributed by atoms with Gasteiger partial charge in [0.1, 0.15) is 5.02 Å². The molecule has 3 heterocycles. The Balaban J connectivity index is 1.78. The maximum absolute atomic E-state index is 12.4. The second-order valence-electron chi connectivity index (χ2n) is 5.37. The molecule has 102 valence electrons. The van der Waals surface area contributed by atoms with Gasteiger partial charge in [-0.3, -0.25) is 9.59 Å². The molecule has 2 atom stereocenters. The minimum atomic E-state index is -0.365. The lowest BCUT2D eigenvalue weighted by Crippen LogP contribution is -2.35. The Hall–Kier alpha value is -1.33. The van der Waals surface area contributed by atoms with Crippen LogP contribution in [0.25, 0.3) is 0 Å². The Morgan fingerprint density at radius 3 is 2.95 bits per heavy atom. The first-order valence-electron chi connectivity index (χ1n) is 6.44. The van der Waals surface area contributed by atoms with Crippen LogP contribution >= 0.6 is 11.6 Å². The van der Waals surface area contributed by atoms with Crippen molar-refractivity contribution in [1.82, 2.24) is 14.8 Å². The molecule has 0 bridgehead atoms. The number of pyridine rings is 1. The van der Waals surface area contributed by atoms with Crippen LogP contribution in [-0.4, -0.2) is 53.4 Å². The Morgan fingerprint density at radius 1 is 1.47 bits per heavy atom. The first-order valence-corrected chi connectivity index (χ1v) is 6.82. The SMILES string of the molecule is CN1CC[C@@H]2CN(C(=O)c3c[nH]c(=O)c(Cl)c3)C[C@@H]21. The first kappa shape index (κ1) is 12.7. The summed E-state index contributed by atoms with van der Waals surface area (Å²) in [5, 5.41) is 0.0577. The van der Waals surface area contributed by atoms with Gasteiger partial charge in [-0.1, -0.05) is 11.6 Å². The van der Waals surface area contributed by atoms with Gasteiger partial charge in [0, 0.05) is 25.3 Å². The van der Waals surface area contributed by atoms with Crippen LogP contribution in [-0.2, 0) is 0 Å². The summed E-state index contributed by atoms with van der Waals surface area (Å²) in [7, 11) is 2.11. The quantitative estimate of drug-likeness (QED) is 0.829. The van der Waals surface area contributed by atoms with Crippen LogP contribution in [0.2, 0.25) is 5.02 Å². The fraction of sp³-hybridized carbons (Fsp3) is 0.538. The number of rotatable bonds is 1. The molecule has 0 spiro atoms. The normalized spacial score (nSPS) is 26.7. The molecule has 1 amide bonds. The number of H-pyrrole nitrogens is 1. The molecule has 6 heteroatoms. The van der Waals surface area contributed by atoms with Crippen LogP contribution in [0.15, 0.2) is 17.1 Å². The minimum Gasteiger partial charge on any atom is -0.337 e. The molecule has 2 fully saturated rings. The highest BCUT2D eigenvalue weighted by molar-refractivity contribution is 6.30. The fourth-order valence-electron chi connectivity index (χ4n) is 3.10. The number of aromatic nitrogens is 1. The molecular weight excluding hydrogens is 266 g/mol. The third-order valence-corrected chi connectivity index (χ3v) is 4.50. The monoisotopic (exact) mass is 281 g/mol. The number of aromatic amines is 1. The summed E-state index contributed by atoms with van der Waals surface area (Å²) in [5.41, 5.74) is 0.0865. The highest BCUT2D eigenvalue weighted by Gasteiger charge is 2.41. The summed E-state index contributed by atoms with van der Waals surface area (Å²) in [5.74, 6) is 0.521. The zero-order valence-corrected chi connectivity index (χ0v) is 11.5. The van der Waals surface area contributed by atoms with E-state index in [0.717, 1.165) is 26.1 Å². The highest BCUT2D eigenvalue weighted by Crippen LogP contribution is 2.30. The zero-order chi connectivity index (χ0) is 13.6. The summed E-state index contributed by atoms with van der Waals surface area (Å²) in [6, 6.07) is 1.92. The van der Waals surface area contributed by atoms with Crippen molar-refractivity contribution in [2.45, 2.75) is 12.5 Å². The molecule has 19 heavy (non-hydrogen) atoms. The molecule has 2 aliphatic rings. The maximum Gasteiger partial charge on any atom is 0.266 e. The van der Waals surface area contributed by atoms with Gasteiger partial charge in [0.15, 0.2) is 0 Å². The number of likely N-dealkylation sites (N-methyl/N-ethyl adjacent to an activating group) is 1. The number of fused-ring (bicyclic) bond motifs is 1. The van der Waals surface area contributed by atoms with Gasteiger partial charge in [0.25, 0.3) is 11.5 Å². The summed E-state index contributed by atoms with van der Waals surface area (Å²) in [6.45, 7) is 2.67. The smallest absolute Gasteiger partial charge is 0.266 e. The summed E-state index contributed by atoms with van der Waals surface area (Å²) < 4.78 is 0. The molecule has 0 unspecified atom stereocenters. The predicted octanol–water partition coefficient (Wildman–Crippen LogP) is 0.804. The summed E-state index contributed by atoms with van der Waals surface area (Å²) in [6.07, 6.45) is 2.59. The number of halogens is 1. The van der Waals surface area contributed by atoms with Crippen molar-refractivity contribution in [1.29, 1.82) is 0 Å². The number of carbonyl (C=O) groups excluding carboxylic acids is 1. The average molecular weight is 282 g/mol. The Labute approximate surface area is 116 Å². The molecule has 2 aliphatic heterocycles. The van der Waals surface area contributed by atoms with Crippen molar-refractivity contribution in [3.8, 4) is 0 Å². The van der Waals surface area contributed by atoms with Gasteiger partial charge in [-0.05, 0) is 32.0 Å². The van der Waals surface area contributed by atoms with Gasteiger partial charge in [-0.15, -0.1) is 0 Å². The van der Waals surface area contributed by atoms with Gasteiger partial charge >= 0.3 is 0 Å². The second-order valence-corrected chi connectivity index (χ2v) is 5.78. The van der Waals surface area contributed by atoms with E-state index in [-0.39, 0.29) is 16.5 Å². The number of hydrogen-bond donors (Lipinski definition) is 1. The largest absolute Gasteiger partial charge is 0.337 e. The van der Waals surface area contributed by atoms with Crippen molar-refractivity contribution in [2.24, 2.45) is 5.92 Å². The van der Waals surface area contributed by atoms with E-state index in [1.807, 2.05) is 4.90 Å². The number of carbonyl (C=O) groups is 1. The predicted molar refractivity (Wildman–Crippen MR) is 72.5 cm³/mol. The van der Waals surface area contributed by atoms with E-state index in [2.05, 4.69) is 16.9 Å². The van der Waals surface area contributed by atoms with Crippen LogP contribution in [0, 0.1) is 5.92 Å². The molecule has 3 rings (SSSR count).